The van der Waals surface area contributed by atoms with Gasteiger partial charge in [0.05, 0.1) is 17.1 Å². The maximum atomic E-state index is 11.1. The lowest BCUT2D eigenvalue weighted by molar-refractivity contribution is -0.139. The Balaban J connectivity index is 2.38. The molecule has 0 saturated heterocycles. The Morgan fingerprint density at radius 3 is 2.67 bits per heavy atom. The van der Waals surface area contributed by atoms with Gasteiger partial charge in [0.15, 0.2) is 0 Å². The number of anilines is 1. The van der Waals surface area contributed by atoms with Gasteiger partial charge in [-0.25, -0.2) is 0 Å². The molecule has 2 rings (SSSR count). The summed E-state index contributed by atoms with van der Waals surface area (Å²) in [7, 11) is 0. The number of carboxylic acids is 1. The van der Waals surface area contributed by atoms with Crippen molar-refractivity contribution in [3.05, 3.63) is 28.8 Å². The van der Waals surface area contributed by atoms with Crippen molar-refractivity contribution in [2.24, 2.45) is 5.92 Å². The minimum absolute atomic E-state index is 0.138. The van der Waals surface area contributed by atoms with Gasteiger partial charge in [0.25, 0.3) is 0 Å². The number of benzene rings is 1. The van der Waals surface area contributed by atoms with Crippen LogP contribution in [0.15, 0.2) is 18.2 Å². The minimum Gasteiger partial charge on any atom is -0.481 e. The number of hydrogen-bond acceptors (Lipinski definition) is 2. The molecule has 1 fully saturated rings. The highest BCUT2D eigenvalue weighted by atomic mass is 35.5. The quantitative estimate of drug-likeness (QED) is 0.821. The number of nitrogens with two attached hydrogens (primary N) is 1. The van der Waals surface area contributed by atoms with Crippen molar-refractivity contribution in [2.75, 3.05) is 5.73 Å². The third-order valence-electron chi connectivity index (χ3n) is 4.18. The van der Waals surface area contributed by atoms with E-state index in [1.807, 2.05) is 19.1 Å². The summed E-state index contributed by atoms with van der Waals surface area (Å²) in [4.78, 5) is 11.1. The SMILES string of the molecule is CC(CC(=O)O)(c1ccc(Cl)c(N)c1)C1CCC1. The Hall–Kier alpha value is -1.22. The molecule has 4 heteroatoms. The Kier molecular flexibility index (Phi) is 3.53. The third kappa shape index (κ3) is 2.32. The number of rotatable bonds is 4. The van der Waals surface area contributed by atoms with Gasteiger partial charge in [-0.15, -0.1) is 0 Å². The number of carboxylic acid groups (broad SMARTS) is 1. The Morgan fingerprint density at radius 1 is 1.56 bits per heavy atom. The minimum atomic E-state index is -0.766. The van der Waals surface area contributed by atoms with Crippen molar-refractivity contribution >= 4 is 23.3 Å². The van der Waals surface area contributed by atoms with Gasteiger partial charge in [-0.3, -0.25) is 4.79 Å². The van der Waals surface area contributed by atoms with E-state index < -0.39 is 5.97 Å². The number of nitrogen functional groups attached to an aromatic ring is 1. The molecule has 0 bridgehead atoms. The van der Waals surface area contributed by atoms with Crippen LogP contribution in [0, 0.1) is 5.92 Å². The molecule has 0 heterocycles. The highest BCUT2D eigenvalue weighted by Crippen LogP contribution is 2.46. The van der Waals surface area contributed by atoms with Gasteiger partial charge in [0.2, 0.25) is 0 Å². The molecule has 18 heavy (non-hydrogen) atoms. The lowest BCUT2D eigenvalue weighted by Crippen LogP contribution is -2.38. The van der Waals surface area contributed by atoms with Gasteiger partial charge in [0, 0.05) is 5.41 Å². The number of carbonyl (C=O) groups is 1. The van der Waals surface area contributed by atoms with Gasteiger partial charge in [-0.1, -0.05) is 31.0 Å². The number of aliphatic carboxylic acids is 1. The van der Waals surface area contributed by atoms with Gasteiger partial charge in [-0.2, -0.15) is 0 Å². The largest absolute Gasteiger partial charge is 0.481 e. The zero-order valence-corrected chi connectivity index (χ0v) is 11.2. The highest BCUT2D eigenvalue weighted by Gasteiger charge is 2.41. The molecule has 1 atom stereocenters. The standard InChI is InChI=1S/C14H18ClNO2/c1-14(8-13(17)18,9-3-2-4-9)10-5-6-11(15)12(16)7-10/h5-7,9H,2-4,8,16H2,1H3,(H,17,18). The van der Waals surface area contributed by atoms with Crippen LogP contribution in [-0.4, -0.2) is 11.1 Å². The van der Waals surface area contributed by atoms with E-state index in [9.17, 15) is 4.79 Å². The second-order valence-electron chi connectivity index (χ2n) is 5.35. The van der Waals surface area contributed by atoms with Crippen molar-refractivity contribution in [2.45, 2.75) is 38.0 Å². The zero-order chi connectivity index (χ0) is 13.3. The lowest BCUT2D eigenvalue weighted by Gasteiger charge is -2.42. The van der Waals surface area contributed by atoms with E-state index in [4.69, 9.17) is 22.4 Å². The summed E-state index contributed by atoms with van der Waals surface area (Å²) < 4.78 is 0. The zero-order valence-electron chi connectivity index (χ0n) is 10.4. The van der Waals surface area contributed by atoms with Gasteiger partial charge >= 0.3 is 5.97 Å². The van der Waals surface area contributed by atoms with E-state index >= 15 is 0 Å². The summed E-state index contributed by atoms with van der Waals surface area (Å²) in [6, 6.07) is 5.48. The van der Waals surface area contributed by atoms with Gasteiger partial charge in [0.1, 0.15) is 0 Å². The average Bonchev–Trinajstić information content (AvgIpc) is 2.17. The van der Waals surface area contributed by atoms with Crippen molar-refractivity contribution < 1.29 is 9.90 Å². The topological polar surface area (TPSA) is 63.3 Å². The van der Waals surface area contributed by atoms with Crippen LogP contribution in [0.5, 0.6) is 0 Å². The first-order valence-corrected chi connectivity index (χ1v) is 6.58. The summed E-state index contributed by atoms with van der Waals surface area (Å²) in [5.41, 5.74) is 6.99. The fourth-order valence-corrected chi connectivity index (χ4v) is 2.86. The fourth-order valence-electron chi connectivity index (χ4n) is 2.74. The van der Waals surface area contributed by atoms with Crippen molar-refractivity contribution in [3.8, 4) is 0 Å². The summed E-state index contributed by atoms with van der Waals surface area (Å²) in [5, 5.41) is 9.66. The molecule has 1 saturated carbocycles. The molecule has 0 aliphatic heterocycles. The van der Waals surface area contributed by atoms with Crippen LogP contribution >= 0.6 is 11.6 Å². The van der Waals surface area contributed by atoms with Crippen LogP contribution in [0.3, 0.4) is 0 Å². The monoisotopic (exact) mass is 267 g/mol. The predicted octanol–water partition coefficient (Wildman–Crippen LogP) is 3.45. The first-order chi connectivity index (χ1) is 8.43. The molecule has 1 unspecified atom stereocenters. The van der Waals surface area contributed by atoms with Crippen molar-refractivity contribution in [3.63, 3.8) is 0 Å². The van der Waals surface area contributed by atoms with Crippen LogP contribution in [0.2, 0.25) is 5.02 Å². The second-order valence-corrected chi connectivity index (χ2v) is 5.76. The average molecular weight is 268 g/mol. The van der Waals surface area contributed by atoms with Crippen molar-refractivity contribution in [1.82, 2.24) is 0 Å². The van der Waals surface area contributed by atoms with E-state index in [0.717, 1.165) is 18.4 Å². The summed E-state index contributed by atoms with van der Waals surface area (Å²) in [6.07, 6.45) is 3.50. The molecule has 1 aliphatic carbocycles. The van der Waals surface area contributed by atoms with Gasteiger partial charge in [-0.05, 0) is 36.5 Å². The van der Waals surface area contributed by atoms with Crippen LogP contribution in [0.4, 0.5) is 5.69 Å². The van der Waals surface area contributed by atoms with E-state index in [0.29, 0.717) is 16.6 Å². The summed E-state index contributed by atoms with van der Waals surface area (Å²) >= 11 is 5.92. The van der Waals surface area contributed by atoms with E-state index in [2.05, 4.69) is 0 Å². The van der Waals surface area contributed by atoms with Crippen LogP contribution in [0.25, 0.3) is 0 Å². The fraction of sp³-hybridized carbons (Fsp3) is 0.500. The Morgan fingerprint density at radius 2 is 2.22 bits per heavy atom. The molecule has 0 radical (unpaired) electrons. The van der Waals surface area contributed by atoms with Gasteiger partial charge < -0.3 is 10.8 Å². The molecule has 0 spiro atoms. The molecular formula is C14H18ClNO2. The van der Waals surface area contributed by atoms with Crippen LogP contribution < -0.4 is 5.73 Å². The summed E-state index contributed by atoms with van der Waals surface area (Å²) in [6.45, 7) is 2.02. The van der Waals surface area contributed by atoms with E-state index in [1.165, 1.54) is 6.42 Å². The number of hydrogen-bond donors (Lipinski definition) is 2. The predicted molar refractivity (Wildman–Crippen MR) is 72.8 cm³/mol. The smallest absolute Gasteiger partial charge is 0.304 e. The maximum absolute atomic E-state index is 11.1. The lowest BCUT2D eigenvalue weighted by atomic mass is 9.61. The van der Waals surface area contributed by atoms with Crippen LogP contribution in [-0.2, 0) is 10.2 Å². The molecule has 1 aliphatic rings. The molecule has 0 aromatic heterocycles. The Labute approximate surface area is 112 Å². The highest BCUT2D eigenvalue weighted by molar-refractivity contribution is 6.33. The van der Waals surface area contributed by atoms with Crippen molar-refractivity contribution in [1.29, 1.82) is 0 Å². The Bertz CT molecular complexity index is 471. The molecule has 1 aromatic rings. The second kappa shape index (κ2) is 4.81. The maximum Gasteiger partial charge on any atom is 0.304 e. The normalized spacial score (nSPS) is 19.0. The molecule has 3 nitrogen and oxygen atoms in total. The third-order valence-corrected chi connectivity index (χ3v) is 4.52. The molecule has 0 amide bonds. The summed E-state index contributed by atoms with van der Waals surface area (Å²) in [5.74, 6) is -0.341. The molecule has 3 N–H and O–H groups in total. The van der Waals surface area contributed by atoms with E-state index in [-0.39, 0.29) is 11.8 Å². The number of halogens is 1. The molecule has 1 aromatic carbocycles. The molecular weight excluding hydrogens is 250 g/mol. The molecule has 98 valence electrons. The first kappa shape index (κ1) is 13.2. The first-order valence-electron chi connectivity index (χ1n) is 6.21. The van der Waals surface area contributed by atoms with E-state index in [1.54, 1.807) is 6.07 Å². The van der Waals surface area contributed by atoms with Crippen LogP contribution in [0.1, 0.15) is 38.2 Å².